The van der Waals surface area contributed by atoms with Crippen molar-refractivity contribution in [1.82, 2.24) is 5.32 Å². The molecule has 1 aromatic carbocycles. The Bertz CT molecular complexity index is 524. The lowest BCUT2D eigenvalue weighted by Crippen LogP contribution is -2.21. The second kappa shape index (κ2) is 7.02. The van der Waals surface area contributed by atoms with Gasteiger partial charge in [0.1, 0.15) is 0 Å². The van der Waals surface area contributed by atoms with Gasteiger partial charge >= 0.3 is 0 Å². The Kier molecular flexibility index (Phi) is 4.85. The maximum atomic E-state index is 6.07. The van der Waals surface area contributed by atoms with Gasteiger partial charge in [-0.05, 0) is 41.8 Å². The molecule has 0 bridgehead atoms. The zero-order valence-electron chi connectivity index (χ0n) is 11.7. The van der Waals surface area contributed by atoms with E-state index in [1.54, 1.807) is 11.3 Å². The SMILES string of the molecule is c1csc(CNCCOC2CCCc3ccccc32)c1. The Labute approximate surface area is 124 Å². The smallest absolute Gasteiger partial charge is 0.0828 e. The lowest BCUT2D eigenvalue weighted by atomic mass is 9.89. The van der Waals surface area contributed by atoms with Crippen molar-refractivity contribution in [3.05, 3.63) is 57.8 Å². The van der Waals surface area contributed by atoms with Crippen LogP contribution in [0.3, 0.4) is 0 Å². The molecule has 20 heavy (non-hydrogen) atoms. The number of rotatable bonds is 6. The molecule has 1 aliphatic carbocycles. The van der Waals surface area contributed by atoms with Crippen molar-refractivity contribution in [2.75, 3.05) is 13.2 Å². The molecule has 1 atom stereocenters. The molecule has 2 nitrogen and oxygen atoms in total. The molecule has 0 radical (unpaired) electrons. The van der Waals surface area contributed by atoms with Crippen LogP contribution in [0, 0.1) is 0 Å². The third kappa shape index (κ3) is 3.48. The number of hydrogen-bond acceptors (Lipinski definition) is 3. The standard InChI is InChI=1S/C17H21NOS/c1-2-8-16-14(5-1)6-3-9-17(16)19-11-10-18-13-15-7-4-12-20-15/h1-2,4-5,7-8,12,17-18H,3,6,9-11,13H2. The normalized spacial score (nSPS) is 17.9. The van der Waals surface area contributed by atoms with Gasteiger partial charge < -0.3 is 10.1 Å². The fourth-order valence-corrected chi connectivity index (χ4v) is 3.46. The van der Waals surface area contributed by atoms with Crippen molar-refractivity contribution in [2.24, 2.45) is 0 Å². The fraction of sp³-hybridized carbons (Fsp3) is 0.412. The maximum absolute atomic E-state index is 6.07. The van der Waals surface area contributed by atoms with Crippen molar-refractivity contribution < 1.29 is 4.74 Å². The Morgan fingerprint density at radius 1 is 1.20 bits per heavy atom. The number of thiophene rings is 1. The first kappa shape index (κ1) is 13.8. The van der Waals surface area contributed by atoms with E-state index in [-0.39, 0.29) is 0 Å². The highest BCUT2D eigenvalue weighted by molar-refractivity contribution is 7.09. The molecule has 3 heteroatoms. The van der Waals surface area contributed by atoms with Crippen LogP contribution in [-0.2, 0) is 17.7 Å². The summed E-state index contributed by atoms with van der Waals surface area (Å²) >= 11 is 1.80. The van der Waals surface area contributed by atoms with Gasteiger partial charge in [-0.2, -0.15) is 0 Å². The summed E-state index contributed by atoms with van der Waals surface area (Å²) in [4.78, 5) is 1.38. The highest BCUT2D eigenvalue weighted by atomic mass is 32.1. The second-order valence-corrected chi connectivity index (χ2v) is 6.24. The maximum Gasteiger partial charge on any atom is 0.0828 e. The minimum absolute atomic E-state index is 0.295. The summed E-state index contributed by atoms with van der Waals surface area (Å²) in [6.07, 6.45) is 3.89. The molecule has 0 saturated carbocycles. The van der Waals surface area contributed by atoms with Gasteiger partial charge in [0, 0.05) is 18.0 Å². The summed E-state index contributed by atoms with van der Waals surface area (Å²) in [6, 6.07) is 13.0. The molecular weight excluding hydrogens is 266 g/mol. The molecule has 3 rings (SSSR count). The monoisotopic (exact) mass is 287 g/mol. The molecule has 1 N–H and O–H groups in total. The molecule has 0 fully saturated rings. The van der Waals surface area contributed by atoms with Gasteiger partial charge in [0.2, 0.25) is 0 Å². The zero-order valence-corrected chi connectivity index (χ0v) is 12.5. The van der Waals surface area contributed by atoms with E-state index >= 15 is 0 Å². The summed E-state index contributed by atoms with van der Waals surface area (Å²) in [5.41, 5.74) is 2.87. The average molecular weight is 287 g/mol. The predicted molar refractivity (Wildman–Crippen MR) is 84.1 cm³/mol. The molecule has 2 aromatic rings. The Balaban J connectivity index is 1.43. The van der Waals surface area contributed by atoms with E-state index in [1.807, 2.05) is 0 Å². The van der Waals surface area contributed by atoms with Crippen molar-refractivity contribution in [3.8, 4) is 0 Å². The molecule has 1 unspecified atom stereocenters. The average Bonchev–Trinajstić information content (AvgIpc) is 3.00. The van der Waals surface area contributed by atoms with Crippen molar-refractivity contribution in [2.45, 2.75) is 31.9 Å². The third-order valence-electron chi connectivity index (χ3n) is 3.79. The van der Waals surface area contributed by atoms with Crippen LogP contribution in [0.25, 0.3) is 0 Å². The van der Waals surface area contributed by atoms with E-state index in [0.29, 0.717) is 6.10 Å². The first-order chi connectivity index (χ1) is 9.93. The second-order valence-electron chi connectivity index (χ2n) is 5.21. The summed E-state index contributed by atoms with van der Waals surface area (Å²) in [5, 5.41) is 5.55. The van der Waals surface area contributed by atoms with Gasteiger partial charge in [0.25, 0.3) is 0 Å². The lowest BCUT2D eigenvalue weighted by molar-refractivity contribution is 0.0426. The molecule has 1 aromatic heterocycles. The lowest BCUT2D eigenvalue weighted by Gasteiger charge is -2.25. The summed E-state index contributed by atoms with van der Waals surface area (Å²) < 4.78 is 6.07. The number of benzene rings is 1. The van der Waals surface area contributed by atoms with Crippen LogP contribution >= 0.6 is 11.3 Å². The number of fused-ring (bicyclic) bond motifs is 1. The van der Waals surface area contributed by atoms with Crippen LogP contribution in [0.2, 0.25) is 0 Å². The minimum Gasteiger partial charge on any atom is -0.372 e. The Morgan fingerprint density at radius 3 is 3.05 bits per heavy atom. The van der Waals surface area contributed by atoms with Gasteiger partial charge in [-0.15, -0.1) is 11.3 Å². The molecule has 0 amide bonds. The van der Waals surface area contributed by atoms with E-state index in [0.717, 1.165) is 26.1 Å². The number of ether oxygens (including phenoxy) is 1. The first-order valence-corrected chi connectivity index (χ1v) is 8.24. The van der Waals surface area contributed by atoms with E-state index in [2.05, 4.69) is 47.1 Å². The third-order valence-corrected chi connectivity index (χ3v) is 4.67. The van der Waals surface area contributed by atoms with Crippen LogP contribution in [0.4, 0.5) is 0 Å². The van der Waals surface area contributed by atoms with Crippen LogP contribution in [0.1, 0.15) is 34.9 Å². The summed E-state index contributed by atoms with van der Waals surface area (Å²) in [7, 11) is 0. The van der Waals surface area contributed by atoms with Crippen LogP contribution < -0.4 is 5.32 Å². The van der Waals surface area contributed by atoms with Gasteiger partial charge in [0.15, 0.2) is 0 Å². The number of hydrogen-bond donors (Lipinski definition) is 1. The van der Waals surface area contributed by atoms with Crippen LogP contribution in [-0.4, -0.2) is 13.2 Å². The Hall–Kier alpha value is -1.16. The van der Waals surface area contributed by atoms with Gasteiger partial charge in [-0.1, -0.05) is 30.3 Å². The summed E-state index contributed by atoms with van der Waals surface area (Å²) in [6.45, 7) is 2.64. The van der Waals surface area contributed by atoms with Crippen molar-refractivity contribution >= 4 is 11.3 Å². The minimum atomic E-state index is 0.295. The van der Waals surface area contributed by atoms with E-state index in [4.69, 9.17) is 4.74 Å². The van der Waals surface area contributed by atoms with Crippen LogP contribution in [0.5, 0.6) is 0 Å². The highest BCUT2D eigenvalue weighted by Crippen LogP contribution is 2.31. The first-order valence-electron chi connectivity index (χ1n) is 7.36. The van der Waals surface area contributed by atoms with E-state index in [9.17, 15) is 0 Å². The largest absolute Gasteiger partial charge is 0.372 e. The fourth-order valence-electron chi connectivity index (χ4n) is 2.78. The highest BCUT2D eigenvalue weighted by Gasteiger charge is 2.19. The summed E-state index contributed by atoms with van der Waals surface area (Å²) in [5.74, 6) is 0. The van der Waals surface area contributed by atoms with E-state index < -0.39 is 0 Å². The van der Waals surface area contributed by atoms with Gasteiger partial charge in [-0.3, -0.25) is 0 Å². The predicted octanol–water partition coefficient (Wildman–Crippen LogP) is 3.93. The molecule has 0 aliphatic heterocycles. The number of aryl methyl sites for hydroxylation is 1. The Morgan fingerprint density at radius 2 is 2.15 bits per heavy atom. The topological polar surface area (TPSA) is 21.3 Å². The van der Waals surface area contributed by atoms with Crippen molar-refractivity contribution in [1.29, 1.82) is 0 Å². The molecule has 0 saturated heterocycles. The van der Waals surface area contributed by atoms with Gasteiger partial charge in [0.05, 0.1) is 12.7 Å². The molecule has 0 spiro atoms. The molecule has 1 heterocycles. The zero-order chi connectivity index (χ0) is 13.6. The molecule has 106 valence electrons. The molecular formula is C17H21NOS. The quantitative estimate of drug-likeness (QED) is 0.813. The van der Waals surface area contributed by atoms with Crippen LogP contribution in [0.15, 0.2) is 41.8 Å². The van der Waals surface area contributed by atoms with E-state index in [1.165, 1.54) is 28.8 Å². The van der Waals surface area contributed by atoms with Gasteiger partial charge in [-0.25, -0.2) is 0 Å². The molecule has 1 aliphatic rings. The van der Waals surface area contributed by atoms with Crippen molar-refractivity contribution in [3.63, 3.8) is 0 Å². The number of nitrogens with one attached hydrogen (secondary N) is 1.